The second-order valence-corrected chi connectivity index (χ2v) is 7.64. The Balaban J connectivity index is 1.88. The first-order chi connectivity index (χ1) is 10.5. The highest BCUT2D eigenvalue weighted by atomic mass is 32.2. The van der Waals surface area contributed by atoms with Crippen LogP contribution in [-0.4, -0.2) is 28.1 Å². The molecule has 1 aliphatic rings. The van der Waals surface area contributed by atoms with Crippen LogP contribution in [0.5, 0.6) is 0 Å². The van der Waals surface area contributed by atoms with E-state index in [1.54, 1.807) is 6.92 Å². The average Bonchev–Trinajstić information content (AvgIpc) is 3.23. The molecule has 0 N–H and O–H groups in total. The van der Waals surface area contributed by atoms with Crippen LogP contribution in [0.1, 0.15) is 29.8 Å². The molecule has 9 heteroatoms. The van der Waals surface area contributed by atoms with Crippen molar-refractivity contribution in [2.45, 2.75) is 30.5 Å². The lowest BCUT2D eigenvalue weighted by Gasteiger charge is -2.04. The van der Waals surface area contributed by atoms with Crippen molar-refractivity contribution in [3.63, 3.8) is 0 Å². The molecule has 0 radical (unpaired) electrons. The van der Waals surface area contributed by atoms with Gasteiger partial charge in [-0.2, -0.15) is 13.8 Å². The van der Waals surface area contributed by atoms with Crippen molar-refractivity contribution in [3.05, 3.63) is 22.5 Å². The highest BCUT2D eigenvalue weighted by Gasteiger charge is 2.22. The predicted octanol–water partition coefficient (Wildman–Crippen LogP) is 3.79. The third-order valence-electron chi connectivity index (χ3n) is 2.97. The molecule has 1 fully saturated rings. The van der Waals surface area contributed by atoms with Crippen LogP contribution >= 0.6 is 11.3 Å². The minimum Gasteiger partial charge on any atom is -0.610 e. The Morgan fingerprint density at radius 2 is 2.23 bits per heavy atom. The fraction of sp³-hybridized carbons (Fsp3) is 0.538. The molecule has 0 aromatic carbocycles. The van der Waals surface area contributed by atoms with Crippen molar-refractivity contribution in [1.29, 1.82) is 0 Å². The van der Waals surface area contributed by atoms with Gasteiger partial charge in [0.1, 0.15) is 12.4 Å². The van der Waals surface area contributed by atoms with Gasteiger partial charge in [0, 0.05) is 11.2 Å². The first kappa shape index (κ1) is 17.3. The quantitative estimate of drug-likeness (QED) is 0.406. The number of thiazole rings is 1. The lowest BCUT2D eigenvalue weighted by atomic mass is 10.4. The van der Waals surface area contributed by atoms with Crippen LogP contribution in [0.3, 0.4) is 0 Å². The molecule has 122 valence electrons. The zero-order valence-corrected chi connectivity index (χ0v) is 13.5. The lowest BCUT2D eigenvalue weighted by Crippen LogP contribution is -2.07. The number of aryl methyl sites for hydroxylation is 1. The first-order valence-corrected chi connectivity index (χ1v) is 8.81. The van der Waals surface area contributed by atoms with E-state index in [1.165, 1.54) is 19.1 Å². The maximum Gasteiger partial charge on any atom is 0.302 e. The van der Waals surface area contributed by atoms with E-state index in [1.807, 2.05) is 0 Å². The summed E-state index contributed by atoms with van der Waals surface area (Å²) in [7, 11) is 0. The summed E-state index contributed by atoms with van der Waals surface area (Å²) in [6.45, 7) is 2.31. The van der Waals surface area contributed by atoms with Crippen molar-refractivity contribution in [2.24, 2.45) is 11.1 Å². The van der Waals surface area contributed by atoms with Crippen LogP contribution in [-0.2, 0) is 16.0 Å². The largest absolute Gasteiger partial charge is 0.610 e. The van der Waals surface area contributed by atoms with Gasteiger partial charge in [0.2, 0.25) is 0 Å². The summed E-state index contributed by atoms with van der Waals surface area (Å²) < 4.78 is 48.8. The fourth-order valence-electron chi connectivity index (χ4n) is 1.48. The molecule has 22 heavy (non-hydrogen) atoms. The molecule has 0 aliphatic heterocycles. The minimum atomic E-state index is -2.37. The summed E-state index contributed by atoms with van der Waals surface area (Å²) in [6.07, 6.45) is 0.901. The molecule has 1 atom stereocenters. The molecule has 1 aliphatic carbocycles. The number of oxime groups is 1. The first-order valence-electron chi connectivity index (χ1n) is 6.68. The van der Waals surface area contributed by atoms with E-state index in [0.717, 1.165) is 11.3 Å². The molecule has 1 aromatic heterocycles. The molecule has 1 heterocycles. The lowest BCUT2D eigenvalue weighted by molar-refractivity contribution is 0.135. The molecule has 0 saturated heterocycles. The molecule has 0 amide bonds. The number of allylic oxidation sites excluding steroid dienone is 1. The van der Waals surface area contributed by atoms with E-state index in [9.17, 15) is 17.7 Å². The summed E-state index contributed by atoms with van der Waals surface area (Å²) >= 11 is -0.482. The Morgan fingerprint density at radius 1 is 1.50 bits per heavy atom. The molecule has 1 saturated carbocycles. The minimum absolute atomic E-state index is 0.231. The van der Waals surface area contributed by atoms with Crippen LogP contribution in [0.4, 0.5) is 13.2 Å². The van der Waals surface area contributed by atoms with Gasteiger partial charge in [-0.3, -0.25) is 0 Å². The zero-order valence-electron chi connectivity index (χ0n) is 11.9. The Kier molecular flexibility index (Phi) is 6.27. The van der Waals surface area contributed by atoms with Crippen molar-refractivity contribution in [3.8, 4) is 0 Å². The Hall–Kier alpha value is -1.06. The van der Waals surface area contributed by atoms with E-state index in [2.05, 4.69) is 10.1 Å². The monoisotopic (exact) mass is 352 g/mol. The zero-order chi connectivity index (χ0) is 16.1. The van der Waals surface area contributed by atoms with E-state index in [-0.39, 0.29) is 10.1 Å². The summed E-state index contributed by atoms with van der Waals surface area (Å²) in [6, 6.07) is 0. The normalized spacial score (nSPS) is 16.0. The number of hydrogen-bond donors (Lipinski definition) is 0. The molecular formula is C13H15F3N2O2S2. The number of aromatic nitrogens is 1. The molecule has 4 nitrogen and oxygen atoms in total. The van der Waals surface area contributed by atoms with E-state index in [0.29, 0.717) is 23.1 Å². The predicted molar refractivity (Wildman–Crippen MR) is 79.4 cm³/mol. The van der Waals surface area contributed by atoms with Crippen molar-refractivity contribution < 1.29 is 22.6 Å². The van der Waals surface area contributed by atoms with Gasteiger partial charge >= 0.3 is 10.4 Å². The Bertz CT molecular complexity index is 570. The summed E-state index contributed by atoms with van der Waals surface area (Å²) in [5.74, 6) is -1.16. The van der Waals surface area contributed by atoms with Gasteiger partial charge in [-0.1, -0.05) is 16.5 Å². The molecule has 0 bridgehead atoms. The topological polar surface area (TPSA) is 57.5 Å². The van der Waals surface area contributed by atoms with Crippen LogP contribution in [0, 0.1) is 12.8 Å². The van der Waals surface area contributed by atoms with Gasteiger partial charge in [0.25, 0.3) is 0 Å². The number of hydrogen-bond acceptors (Lipinski definition) is 5. The maximum absolute atomic E-state index is 12.7. The third kappa shape index (κ3) is 5.29. The SMILES string of the molecule is Cc1nc([S+]([O-])CCC(F)=C(F)F)sc1/C=N/OCC1CC1. The van der Waals surface area contributed by atoms with Crippen LogP contribution < -0.4 is 0 Å². The van der Waals surface area contributed by atoms with Gasteiger partial charge in [-0.15, -0.1) is 0 Å². The van der Waals surface area contributed by atoms with E-state index in [4.69, 9.17) is 4.84 Å². The van der Waals surface area contributed by atoms with Crippen LogP contribution in [0.2, 0.25) is 0 Å². The Labute approximate surface area is 133 Å². The highest BCUT2D eigenvalue weighted by molar-refractivity contribution is 7.93. The number of rotatable bonds is 8. The standard InChI is InChI=1S/C13H15F3N2O2S2/c1-8-11(6-17-20-7-9-2-3-9)21-13(18-8)22(19)5-4-10(14)12(15)16/h6,9H,2-5,7H2,1H3/b17-6+. The van der Waals surface area contributed by atoms with Crippen LogP contribution in [0.15, 0.2) is 21.4 Å². The van der Waals surface area contributed by atoms with Crippen molar-refractivity contribution in [2.75, 3.05) is 12.4 Å². The Morgan fingerprint density at radius 3 is 2.86 bits per heavy atom. The molecule has 1 unspecified atom stereocenters. The van der Waals surface area contributed by atoms with Crippen LogP contribution in [0.25, 0.3) is 0 Å². The molecule has 0 spiro atoms. The van der Waals surface area contributed by atoms with Gasteiger partial charge in [-0.25, -0.2) is 4.39 Å². The van der Waals surface area contributed by atoms with Gasteiger partial charge < -0.3 is 9.39 Å². The average molecular weight is 352 g/mol. The van der Waals surface area contributed by atoms with Gasteiger partial charge in [0.15, 0.2) is 5.83 Å². The van der Waals surface area contributed by atoms with E-state index >= 15 is 0 Å². The maximum atomic E-state index is 12.7. The summed E-state index contributed by atoms with van der Waals surface area (Å²) in [4.78, 5) is 9.92. The van der Waals surface area contributed by atoms with E-state index < -0.39 is 29.5 Å². The molecular weight excluding hydrogens is 337 g/mol. The molecule has 1 aromatic rings. The smallest absolute Gasteiger partial charge is 0.302 e. The summed E-state index contributed by atoms with van der Waals surface area (Å²) in [5, 5.41) is 3.83. The van der Waals surface area contributed by atoms with Crippen molar-refractivity contribution >= 4 is 28.7 Å². The summed E-state index contributed by atoms with van der Waals surface area (Å²) in [5.41, 5.74) is 0.625. The fourth-order valence-corrected chi connectivity index (χ4v) is 3.81. The molecule has 2 rings (SSSR count). The highest BCUT2D eigenvalue weighted by Crippen LogP contribution is 2.29. The second-order valence-electron chi connectivity index (χ2n) is 4.87. The second kappa shape index (κ2) is 7.98. The van der Waals surface area contributed by atoms with Crippen molar-refractivity contribution in [1.82, 2.24) is 4.98 Å². The number of halogens is 3. The van der Waals surface area contributed by atoms with Gasteiger partial charge in [0.05, 0.1) is 23.2 Å². The number of nitrogens with zero attached hydrogens (tertiary/aromatic N) is 2. The van der Waals surface area contributed by atoms with Gasteiger partial charge in [-0.05, 0) is 25.7 Å². The third-order valence-corrected chi connectivity index (χ3v) is 5.72.